The van der Waals surface area contributed by atoms with Gasteiger partial charge in [0.2, 0.25) is 0 Å². The fraction of sp³-hybridized carbons (Fsp3) is 0.727. The number of nitrogens with two attached hydrogens (primary N) is 1. The molecule has 0 aromatic carbocycles. The monoisotopic (exact) mass is 242 g/mol. The van der Waals surface area contributed by atoms with Gasteiger partial charge < -0.3 is 15.2 Å². The van der Waals surface area contributed by atoms with E-state index in [9.17, 15) is 0 Å². The molecule has 2 N–H and O–H groups in total. The third-order valence-electron chi connectivity index (χ3n) is 2.80. The molecule has 16 heavy (non-hydrogen) atoms. The van der Waals surface area contributed by atoms with E-state index in [2.05, 4.69) is 11.9 Å². The lowest BCUT2D eigenvalue weighted by Gasteiger charge is -2.27. The molecule has 1 fully saturated rings. The molecule has 2 rings (SSSR count). The van der Waals surface area contributed by atoms with Crippen molar-refractivity contribution >= 4 is 11.3 Å². The third kappa shape index (κ3) is 2.79. The number of nitrogens with zero attached hydrogens (tertiary/aromatic N) is 1. The van der Waals surface area contributed by atoms with Crippen LogP contribution in [0, 0.1) is 13.8 Å². The number of rotatable bonds is 3. The summed E-state index contributed by atoms with van der Waals surface area (Å²) in [6, 6.07) is -0.0229. The van der Waals surface area contributed by atoms with E-state index in [1.807, 2.05) is 6.92 Å². The first-order valence-corrected chi connectivity index (χ1v) is 6.36. The molecule has 0 bridgehead atoms. The van der Waals surface area contributed by atoms with Crippen molar-refractivity contribution in [2.75, 3.05) is 19.8 Å². The highest BCUT2D eigenvalue weighted by Crippen LogP contribution is 2.19. The van der Waals surface area contributed by atoms with E-state index in [0.717, 1.165) is 17.1 Å². The lowest BCUT2D eigenvalue weighted by Crippen LogP contribution is -2.44. The van der Waals surface area contributed by atoms with Crippen molar-refractivity contribution in [2.24, 2.45) is 5.73 Å². The van der Waals surface area contributed by atoms with E-state index in [4.69, 9.17) is 15.2 Å². The highest BCUT2D eigenvalue weighted by atomic mass is 32.1. The van der Waals surface area contributed by atoms with E-state index in [1.165, 1.54) is 4.88 Å². The van der Waals surface area contributed by atoms with Crippen LogP contribution in [0.15, 0.2) is 0 Å². The fourth-order valence-electron chi connectivity index (χ4n) is 1.71. The Morgan fingerprint density at radius 3 is 2.88 bits per heavy atom. The number of aromatic nitrogens is 1. The average Bonchev–Trinajstić information content (AvgIpc) is 2.59. The normalized spacial score (nSPS) is 23.3. The van der Waals surface area contributed by atoms with Crippen molar-refractivity contribution in [3.05, 3.63) is 15.6 Å². The molecule has 1 aromatic heterocycles. The van der Waals surface area contributed by atoms with E-state index < -0.39 is 0 Å². The first kappa shape index (κ1) is 12.0. The molecule has 1 saturated heterocycles. The SMILES string of the molecule is Cc1nc(CC(N)C2COCCO2)sc1C. The highest BCUT2D eigenvalue weighted by Gasteiger charge is 2.23. The zero-order valence-electron chi connectivity index (χ0n) is 9.73. The van der Waals surface area contributed by atoms with Gasteiger partial charge in [-0.25, -0.2) is 4.98 Å². The molecule has 1 aliphatic rings. The van der Waals surface area contributed by atoms with Crippen LogP contribution in [0.3, 0.4) is 0 Å². The van der Waals surface area contributed by atoms with Crippen molar-refractivity contribution in [3.63, 3.8) is 0 Å². The minimum atomic E-state index is -0.0229. The second kappa shape index (κ2) is 5.23. The molecule has 0 saturated carbocycles. The van der Waals surface area contributed by atoms with Gasteiger partial charge in [-0.05, 0) is 13.8 Å². The summed E-state index contributed by atoms with van der Waals surface area (Å²) in [4.78, 5) is 5.75. The van der Waals surface area contributed by atoms with E-state index in [-0.39, 0.29) is 12.1 Å². The maximum atomic E-state index is 6.10. The topological polar surface area (TPSA) is 57.4 Å². The summed E-state index contributed by atoms with van der Waals surface area (Å²) in [5, 5.41) is 1.09. The maximum Gasteiger partial charge on any atom is 0.0964 e. The summed E-state index contributed by atoms with van der Waals surface area (Å²) in [5.41, 5.74) is 7.21. The largest absolute Gasteiger partial charge is 0.376 e. The highest BCUT2D eigenvalue weighted by molar-refractivity contribution is 7.11. The molecule has 2 unspecified atom stereocenters. The smallest absolute Gasteiger partial charge is 0.0964 e. The van der Waals surface area contributed by atoms with Gasteiger partial charge in [-0.15, -0.1) is 11.3 Å². The van der Waals surface area contributed by atoms with Crippen LogP contribution in [0.2, 0.25) is 0 Å². The predicted octanol–water partition coefficient (Wildman–Crippen LogP) is 1.05. The van der Waals surface area contributed by atoms with E-state index in [1.54, 1.807) is 11.3 Å². The number of aryl methyl sites for hydroxylation is 2. The van der Waals surface area contributed by atoms with Crippen LogP contribution in [0.1, 0.15) is 15.6 Å². The molecule has 1 aromatic rings. The Kier molecular flexibility index (Phi) is 3.91. The van der Waals surface area contributed by atoms with Crippen LogP contribution in [0.5, 0.6) is 0 Å². The second-order valence-electron chi connectivity index (χ2n) is 4.10. The van der Waals surface area contributed by atoms with E-state index >= 15 is 0 Å². The molecule has 0 aliphatic carbocycles. The first-order chi connectivity index (χ1) is 7.66. The van der Waals surface area contributed by atoms with Crippen molar-refractivity contribution < 1.29 is 9.47 Å². The van der Waals surface area contributed by atoms with Crippen LogP contribution in [-0.4, -0.2) is 37.0 Å². The van der Waals surface area contributed by atoms with Gasteiger partial charge >= 0.3 is 0 Å². The molecule has 0 spiro atoms. The molecular weight excluding hydrogens is 224 g/mol. The minimum Gasteiger partial charge on any atom is -0.376 e. The van der Waals surface area contributed by atoms with Crippen LogP contribution >= 0.6 is 11.3 Å². The van der Waals surface area contributed by atoms with Gasteiger partial charge in [-0.1, -0.05) is 0 Å². The molecule has 2 atom stereocenters. The van der Waals surface area contributed by atoms with Gasteiger partial charge in [0.05, 0.1) is 36.6 Å². The average molecular weight is 242 g/mol. The number of hydrogen-bond acceptors (Lipinski definition) is 5. The van der Waals surface area contributed by atoms with Crippen LogP contribution in [-0.2, 0) is 15.9 Å². The molecule has 0 amide bonds. The van der Waals surface area contributed by atoms with Gasteiger partial charge in [0, 0.05) is 17.3 Å². The Morgan fingerprint density at radius 1 is 1.50 bits per heavy atom. The third-order valence-corrected chi connectivity index (χ3v) is 3.90. The molecule has 2 heterocycles. The summed E-state index contributed by atoms with van der Waals surface area (Å²) < 4.78 is 10.9. The van der Waals surface area contributed by atoms with E-state index in [0.29, 0.717) is 19.8 Å². The summed E-state index contributed by atoms with van der Waals surface area (Å²) in [7, 11) is 0. The molecule has 1 aliphatic heterocycles. The van der Waals surface area contributed by atoms with Gasteiger partial charge in [-0.3, -0.25) is 0 Å². The number of hydrogen-bond donors (Lipinski definition) is 1. The molecule has 90 valence electrons. The molecule has 5 heteroatoms. The molecule has 0 radical (unpaired) electrons. The Morgan fingerprint density at radius 2 is 2.31 bits per heavy atom. The summed E-state index contributed by atoms with van der Waals surface area (Å²) in [5.74, 6) is 0. The molecular formula is C11H18N2O2S. The zero-order chi connectivity index (χ0) is 11.5. The Hall–Kier alpha value is -0.490. The number of ether oxygens (including phenoxy) is 2. The molecule has 4 nitrogen and oxygen atoms in total. The minimum absolute atomic E-state index is 0.0123. The second-order valence-corrected chi connectivity index (χ2v) is 5.39. The van der Waals surface area contributed by atoms with Gasteiger partial charge in [-0.2, -0.15) is 0 Å². The summed E-state index contributed by atoms with van der Waals surface area (Å²) in [6.07, 6.45) is 0.783. The van der Waals surface area contributed by atoms with Gasteiger partial charge in [0.25, 0.3) is 0 Å². The quantitative estimate of drug-likeness (QED) is 0.860. The van der Waals surface area contributed by atoms with Crippen LogP contribution in [0.4, 0.5) is 0 Å². The van der Waals surface area contributed by atoms with Crippen molar-refractivity contribution in [1.82, 2.24) is 4.98 Å². The first-order valence-electron chi connectivity index (χ1n) is 5.54. The van der Waals surface area contributed by atoms with Crippen LogP contribution < -0.4 is 5.73 Å². The Balaban J connectivity index is 1.93. The Labute approximate surface area is 99.8 Å². The van der Waals surface area contributed by atoms with Gasteiger partial charge in [0.1, 0.15) is 0 Å². The lowest BCUT2D eigenvalue weighted by atomic mass is 10.1. The fourth-order valence-corrected chi connectivity index (χ4v) is 2.72. The van der Waals surface area contributed by atoms with Crippen molar-refractivity contribution in [3.8, 4) is 0 Å². The summed E-state index contributed by atoms with van der Waals surface area (Å²) >= 11 is 1.72. The number of thiazole rings is 1. The van der Waals surface area contributed by atoms with Gasteiger partial charge in [0.15, 0.2) is 0 Å². The van der Waals surface area contributed by atoms with Crippen LogP contribution in [0.25, 0.3) is 0 Å². The standard InChI is InChI=1S/C11H18N2O2S/c1-7-8(2)16-11(13-7)5-9(12)10-6-14-3-4-15-10/h9-10H,3-6,12H2,1-2H3. The van der Waals surface area contributed by atoms with Crippen molar-refractivity contribution in [1.29, 1.82) is 0 Å². The zero-order valence-corrected chi connectivity index (χ0v) is 10.5. The Bertz CT molecular complexity index is 328. The summed E-state index contributed by atoms with van der Waals surface area (Å²) in [6.45, 7) is 6.04. The van der Waals surface area contributed by atoms with Crippen molar-refractivity contribution in [2.45, 2.75) is 32.4 Å². The maximum absolute atomic E-state index is 6.10. The lowest BCUT2D eigenvalue weighted by molar-refractivity contribution is -0.0967. The predicted molar refractivity (Wildman–Crippen MR) is 63.8 cm³/mol.